The standard InChI is InChI=1S/C27H27FN6O/c1-18(17-35)30-13-19-8-10-32(14-19)26-7-6-24-23(31-26)16-33-15-21(20-2-4-22(28)5-3-20)12-25(33)27-29-9-11-34(24)27/h2-7,9,11-12,15,19,35H,8,10,13-14,16-17H2,1H3/t19-/m1/s1. The zero-order valence-electron chi connectivity index (χ0n) is 19.6. The lowest BCUT2D eigenvalue weighted by Crippen LogP contribution is -2.22. The van der Waals surface area contributed by atoms with Crippen LogP contribution in [0.1, 0.15) is 19.0 Å². The molecule has 0 amide bonds. The van der Waals surface area contributed by atoms with Gasteiger partial charge in [-0.15, -0.1) is 0 Å². The first-order chi connectivity index (χ1) is 17.1. The number of nitrogens with zero attached hydrogens (tertiary/aromatic N) is 6. The van der Waals surface area contributed by atoms with Crippen LogP contribution in [0, 0.1) is 11.7 Å². The van der Waals surface area contributed by atoms with Gasteiger partial charge in [0, 0.05) is 49.5 Å². The van der Waals surface area contributed by atoms with Crippen molar-refractivity contribution in [3.05, 3.63) is 72.6 Å². The van der Waals surface area contributed by atoms with Crippen molar-refractivity contribution in [2.45, 2.75) is 19.9 Å². The molecule has 1 fully saturated rings. The molecule has 35 heavy (non-hydrogen) atoms. The van der Waals surface area contributed by atoms with E-state index in [1.165, 1.54) is 12.1 Å². The SMILES string of the molecule is CC(CO)=NC[C@H]1CCN(c2ccc3c(n2)Cn2cc(-c4ccc(F)cc4)cc2-c2nccn2-3)C1. The fraction of sp³-hybridized carbons (Fsp3) is 0.296. The van der Waals surface area contributed by atoms with Gasteiger partial charge in [0.2, 0.25) is 0 Å². The van der Waals surface area contributed by atoms with E-state index in [2.05, 4.69) is 48.4 Å². The van der Waals surface area contributed by atoms with Crippen LogP contribution in [0.4, 0.5) is 10.2 Å². The first kappa shape index (κ1) is 21.7. The number of pyridine rings is 1. The smallest absolute Gasteiger partial charge is 0.161 e. The maximum atomic E-state index is 13.4. The summed E-state index contributed by atoms with van der Waals surface area (Å²) in [6.07, 6.45) is 6.95. The van der Waals surface area contributed by atoms with Crippen LogP contribution in [0.2, 0.25) is 0 Å². The van der Waals surface area contributed by atoms with Crippen LogP contribution in [-0.4, -0.2) is 56.2 Å². The summed E-state index contributed by atoms with van der Waals surface area (Å²) in [6, 6.07) is 12.9. The lowest BCUT2D eigenvalue weighted by molar-refractivity contribution is 0.356. The fourth-order valence-electron chi connectivity index (χ4n) is 5.00. The third-order valence-corrected chi connectivity index (χ3v) is 6.92. The molecule has 1 atom stereocenters. The molecule has 1 saturated heterocycles. The lowest BCUT2D eigenvalue weighted by atomic mass is 10.1. The van der Waals surface area contributed by atoms with E-state index in [1.807, 2.05) is 19.3 Å². The Bertz CT molecular complexity index is 1400. The number of aliphatic hydroxyl groups is 1. The van der Waals surface area contributed by atoms with Gasteiger partial charge in [-0.3, -0.25) is 9.56 Å². The van der Waals surface area contributed by atoms with Crippen LogP contribution in [0.25, 0.3) is 28.3 Å². The van der Waals surface area contributed by atoms with Gasteiger partial charge in [-0.2, -0.15) is 0 Å². The molecule has 1 aromatic carbocycles. The molecule has 178 valence electrons. The number of rotatable bonds is 5. The molecule has 1 N–H and O–H groups in total. The van der Waals surface area contributed by atoms with E-state index in [9.17, 15) is 9.50 Å². The molecule has 4 aromatic rings. The van der Waals surface area contributed by atoms with Gasteiger partial charge in [0.15, 0.2) is 5.82 Å². The van der Waals surface area contributed by atoms with E-state index < -0.39 is 0 Å². The normalized spacial score (nSPS) is 17.2. The van der Waals surface area contributed by atoms with Crippen molar-refractivity contribution in [1.29, 1.82) is 0 Å². The molecule has 2 aliphatic heterocycles. The number of hydrogen-bond acceptors (Lipinski definition) is 5. The summed E-state index contributed by atoms with van der Waals surface area (Å²) in [4.78, 5) is 16.6. The average Bonchev–Trinajstić information content (AvgIpc) is 3.62. The van der Waals surface area contributed by atoms with Gasteiger partial charge in [0.1, 0.15) is 11.6 Å². The van der Waals surface area contributed by atoms with Crippen molar-refractivity contribution >= 4 is 11.5 Å². The predicted octanol–water partition coefficient (Wildman–Crippen LogP) is 4.18. The number of fused-ring (bicyclic) bond motifs is 5. The number of aromatic nitrogens is 4. The van der Waals surface area contributed by atoms with Crippen molar-refractivity contribution in [3.8, 4) is 28.3 Å². The van der Waals surface area contributed by atoms with Gasteiger partial charge < -0.3 is 14.6 Å². The summed E-state index contributed by atoms with van der Waals surface area (Å²) in [7, 11) is 0. The molecule has 0 spiro atoms. The number of imidazole rings is 1. The molecular weight excluding hydrogens is 443 g/mol. The topological polar surface area (TPSA) is 71.5 Å². The number of benzene rings is 1. The molecule has 5 heterocycles. The van der Waals surface area contributed by atoms with E-state index in [1.54, 1.807) is 12.1 Å². The Morgan fingerprint density at radius 3 is 2.86 bits per heavy atom. The lowest BCUT2D eigenvalue weighted by Gasteiger charge is -2.19. The zero-order chi connectivity index (χ0) is 23.9. The third kappa shape index (κ3) is 4.04. The minimum atomic E-state index is -0.241. The summed E-state index contributed by atoms with van der Waals surface area (Å²) < 4.78 is 17.7. The zero-order valence-corrected chi connectivity index (χ0v) is 19.6. The molecular formula is C27H27FN6O. The summed E-state index contributed by atoms with van der Waals surface area (Å²) in [5.41, 5.74) is 5.80. The molecule has 0 radical (unpaired) electrons. The minimum absolute atomic E-state index is 0.0172. The molecule has 8 heteroatoms. The van der Waals surface area contributed by atoms with Gasteiger partial charge in [0.25, 0.3) is 0 Å². The Morgan fingerprint density at radius 1 is 1.17 bits per heavy atom. The Kier molecular flexibility index (Phi) is 5.45. The second-order valence-corrected chi connectivity index (χ2v) is 9.34. The van der Waals surface area contributed by atoms with Crippen molar-refractivity contribution in [2.75, 3.05) is 31.1 Å². The summed E-state index contributed by atoms with van der Waals surface area (Å²) >= 11 is 0. The van der Waals surface area contributed by atoms with Gasteiger partial charge >= 0.3 is 0 Å². The number of hydrogen-bond donors (Lipinski definition) is 1. The van der Waals surface area contributed by atoms with Crippen molar-refractivity contribution in [1.82, 2.24) is 19.1 Å². The first-order valence-electron chi connectivity index (χ1n) is 11.9. The van der Waals surface area contributed by atoms with Crippen LogP contribution in [0.5, 0.6) is 0 Å². The summed E-state index contributed by atoms with van der Waals surface area (Å²) in [5.74, 6) is 2.07. The second-order valence-electron chi connectivity index (χ2n) is 9.34. The average molecular weight is 471 g/mol. The molecule has 6 rings (SSSR count). The molecule has 0 bridgehead atoms. The molecule has 7 nitrogen and oxygen atoms in total. The van der Waals surface area contributed by atoms with Crippen LogP contribution in [0.3, 0.4) is 0 Å². The van der Waals surface area contributed by atoms with E-state index in [0.29, 0.717) is 12.5 Å². The fourth-order valence-corrected chi connectivity index (χ4v) is 5.00. The third-order valence-electron chi connectivity index (χ3n) is 6.92. The number of aliphatic hydroxyl groups excluding tert-OH is 1. The highest BCUT2D eigenvalue weighted by molar-refractivity contribution is 5.82. The number of aliphatic imine (C=N–C) groups is 1. The Balaban J connectivity index is 1.32. The summed E-state index contributed by atoms with van der Waals surface area (Å²) in [6.45, 7) is 5.11. The second kappa shape index (κ2) is 8.78. The highest BCUT2D eigenvalue weighted by Gasteiger charge is 2.26. The first-order valence-corrected chi connectivity index (χ1v) is 11.9. The van der Waals surface area contributed by atoms with Gasteiger partial charge in [-0.25, -0.2) is 14.4 Å². The van der Waals surface area contributed by atoms with E-state index >= 15 is 0 Å². The van der Waals surface area contributed by atoms with E-state index in [4.69, 9.17) is 4.98 Å². The van der Waals surface area contributed by atoms with Crippen molar-refractivity contribution in [2.24, 2.45) is 10.9 Å². The number of anilines is 1. The number of halogens is 1. The molecule has 2 aliphatic rings. The monoisotopic (exact) mass is 470 g/mol. The van der Waals surface area contributed by atoms with Crippen LogP contribution < -0.4 is 4.90 Å². The largest absolute Gasteiger partial charge is 0.390 e. The van der Waals surface area contributed by atoms with Gasteiger partial charge in [-0.1, -0.05) is 12.1 Å². The maximum Gasteiger partial charge on any atom is 0.161 e. The summed E-state index contributed by atoms with van der Waals surface area (Å²) in [5, 5.41) is 9.20. The van der Waals surface area contributed by atoms with Crippen LogP contribution in [0.15, 0.2) is 66.0 Å². The molecule has 0 unspecified atom stereocenters. The molecule has 0 aliphatic carbocycles. The minimum Gasteiger partial charge on any atom is -0.390 e. The van der Waals surface area contributed by atoms with Crippen molar-refractivity contribution < 1.29 is 9.50 Å². The Labute approximate surface area is 203 Å². The Hall–Kier alpha value is -3.78. The highest BCUT2D eigenvalue weighted by Crippen LogP contribution is 2.34. The van der Waals surface area contributed by atoms with Crippen LogP contribution >= 0.6 is 0 Å². The van der Waals surface area contributed by atoms with E-state index in [-0.39, 0.29) is 12.4 Å². The van der Waals surface area contributed by atoms with E-state index in [0.717, 1.165) is 71.6 Å². The highest BCUT2D eigenvalue weighted by atomic mass is 19.1. The van der Waals surface area contributed by atoms with Gasteiger partial charge in [-0.05, 0) is 55.2 Å². The van der Waals surface area contributed by atoms with Crippen LogP contribution in [-0.2, 0) is 6.54 Å². The van der Waals surface area contributed by atoms with Gasteiger partial charge in [0.05, 0.1) is 30.2 Å². The molecule has 3 aromatic heterocycles. The maximum absolute atomic E-state index is 13.4. The molecule has 0 saturated carbocycles. The quantitative estimate of drug-likeness (QED) is 0.391. The van der Waals surface area contributed by atoms with Crippen molar-refractivity contribution in [3.63, 3.8) is 0 Å². The Morgan fingerprint density at radius 2 is 2.03 bits per heavy atom. The predicted molar refractivity (Wildman–Crippen MR) is 135 cm³/mol.